The van der Waals surface area contributed by atoms with Crippen LogP contribution in [0.2, 0.25) is 0 Å². The van der Waals surface area contributed by atoms with Gasteiger partial charge in [-0.1, -0.05) is 43.7 Å². The molecule has 0 bridgehead atoms. The van der Waals surface area contributed by atoms with Crippen molar-refractivity contribution in [1.29, 1.82) is 0 Å². The van der Waals surface area contributed by atoms with Crippen LogP contribution in [-0.2, 0) is 25.5 Å². The summed E-state index contributed by atoms with van der Waals surface area (Å²) in [7, 11) is 0. The lowest BCUT2D eigenvalue weighted by atomic mass is 10.1. The van der Waals surface area contributed by atoms with Crippen molar-refractivity contribution in [3.63, 3.8) is 0 Å². The van der Waals surface area contributed by atoms with E-state index in [-0.39, 0.29) is 13.2 Å². The van der Waals surface area contributed by atoms with Crippen molar-refractivity contribution < 1.29 is 28.9 Å². The van der Waals surface area contributed by atoms with Crippen LogP contribution in [0.3, 0.4) is 0 Å². The summed E-state index contributed by atoms with van der Waals surface area (Å²) in [4.78, 5) is 22.3. The average molecular weight is 339 g/mol. The standard InChI is InChI=1S/C15H19NO6.C2H6/c1-10-3-2-4-11(5-10)6-16-15(19)22-13-8-20-7-12(13)21-9-14(17)18;1-2/h2-5,12-13H,6-9H2,1H3,(H,16,19)(H,17,18);1-2H3. The van der Waals surface area contributed by atoms with Crippen LogP contribution in [0.1, 0.15) is 25.0 Å². The highest BCUT2D eigenvalue weighted by Crippen LogP contribution is 2.14. The summed E-state index contributed by atoms with van der Waals surface area (Å²) in [5, 5.41) is 11.2. The van der Waals surface area contributed by atoms with Crippen LogP contribution in [0, 0.1) is 6.92 Å². The summed E-state index contributed by atoms with van der Waals surface area (Å²) in [5.74, 6) is -1.07. The quantitative estimate of drug-likeness (QED) is 0.824. The number of amides is 1. The molecule has 1 aliphatic heterocycles. The van der Waals surface area contributed by atoms with Crippen LogP contribution < -0.4 is 5.32 Å². The van der Waals surface area contributed by atoms with E-state index in [0.717, 1.165) is 11.1 Å². The van der Waals surface area contributed by atoms with E-state index in [1.165, 1.54) is 0 Å². The van der Waals surface area contributed by atoms with Crippen molar-refractivity contribution in [2.24, 2.45) is 0 Å². The highest BCUT2D eigenvalue weighted by Gasteiger charge is 2.32. The van der Waals surface area contributed by atoms with Crippen LogP contribution in [0.5, 0.6) is 0 Å². The maximum atomic E-state index is 11.8. The fraction of sp³-hybridized carbons (Fsp3) is 0.529. The Hall–Kier alpha value is -2.12. The van der Waals surface area contributed by atoms with Gasteiger partial charge in [-0.05, 0) is 12.5 Å². The summed E-state index contributed by atoms with van der Waals surface area (Å²) in [6, 6.07) is 7.77. The monoisotopic (exact) mass is 339 g/mol. The number of aliphatic carboxylic acids is 1. The van der Waals surface area contributed by atoms with E-state index in [9.17, 15) is 9.59 Å². The van der Waals surface area contributed by atoms with Crippen LogP contribution in [0.15, 0.2) is 24.3 Å². The van der Waals surface area contributed by atoms with E-state index in [2.05, 4.69) is 5.32 Å². The summed E-state index contributed by atoms with van der Waals surface area (Å²) >= 11 is 0. The maximum absolute atomic E-state index is 11.8. The Morgan fingerprint density at radius 2 is 2.00 bits per heavy atom. The van der Waals surface area contributed by atoms with E-state index in [1.807, 2.05) is 45.0 Å². The molecule has 0 aliphatic carbocycles. The zero-order chi connectivity index (χ0) is 17.9. The van der Waals surface area contributed by atoms with E-state index in [1.54, 1.807) is 0 Å². The third-order valence-corrected chi connectivity index (χ3v) is 3.18. The molecule has 1 aliphatic rings. The van der Waals surface area contributed by atoms with Gasteiger partial charge in [0.1, 0.15) is 12.7 Å². The first-order valence-electron chi connectivity index (χ1n) is 7.96. The molecule has 1 amide bonds. The van der Waals surface area contributed by atoms with Crippen molar-refractivity contribution in [2.75, 3.05) is 19.8 Å². The number of carboxylic acid groups (broad SMARTS) is 1. The molecule has 0 spiro atoms. The zero-order valence-corrected chi connectivity index (χ0v) is 14.3. The van der Waals surface area contributed by atoms with E-state index in [0.29, 0.717) is 6.54 Å². The summed E-state index contributed by atoms with van der Waals surface area (Å²) in [6.07, 6.45) is -1.74. The van der Waals surface area contributed by atoms with Crippen LogP contribution in [0.25, 0.3) is 0 Å². The molecule has 1 saturated heterocycles. The number of ether oxygens (including phenoxy) is 3. The molecular formula is C17H25NO6. The van der Waals surface area contributed by atoms with E-state index < -0.39 is 30.9 Å². The Bertz CT molecular complexity index is 534. The normalized spacial score (nSPS) is 19.1. The van der Waals surface area contributed by atoms with Gasteiger partial charge in [0.15, 0.2) is 6.10 Å². The SMILES string of the molecule is CC.Cc1cccc(CNC(=O)OC2COCC2OCC(=O)O)c1. The molecule has 2 N–H and O–H groups in total. The Balaban J connectivity index is 0.00000139. The molecule has 0 aromatic heterocycles. The van der Waals surface area contributed by atoms with Gasteiger partial charge in [-0.25, -0.2) is 9.59 Å². The third kappa shape index (κ3) is 6.97. The molecule has 0 radical (unpaired) electrons. The largest absolute Gasteiger partial charge is 0.480 e. The van der Waals surface area contributed by atoms with Crippen LogP contribution in [-0.4, -0.2) is 49.2 Å². The number of aryl methyl sites for hydroxylation is 1. The molecule has 2 atom stereocenters. The minimum absolute atomic E-state index is 0.197. The number of rotatable bonds is 6. The van der Waals surface area contributed by atoms with E-state index in [4.69, 9.17) is 19.3 Å². The Labute approximate surface area is 141 Å². The first-order chi connectivity index (χ1) is 11.5. The molecule has 1 aromatic rings. The lowest BCUT2D eigenvalue weighted by Gasteiger charge is -2.18. The molecule has 1 heterocycles. The topological polar surface area (TPSA) is 94.1 Å². The summed E-state index contributed by atoms with van der Waals surface area (Å²) in [5.41, 5.74) is 2.08. The van der Waals surface area contributed by atoms with Gasteiger partial charge >= 0.3 is 12.1 Å². The number of carbonyl (C=O) groups excluding carboxylic acids is 1. The molecule has 134 valence electrons. The lowest BCUT2D eigenvalue weighted by Crippen LogP contribution is -2.37. The number of hydrogen-bond donors (Lipinski definition) is 2. The van der Waals surface area contributed by atoms with Gasteiger partial charge in [-0.3, -0.25) is 0 Å². The molecule has 2 unspecified atom stereocenters. The minimum atomic E-state index is -1.07. The number of alkyl carbamates (subject to hydrolysis) is 1. The highest BCUT2D eigenvalue weighted by atomic mass is 16.6. The van der Waals surface area contributed by atoms with Crippen molar-refractivity contribution in [3.05, 3.63) is 35.4 Å². The average Bonchev–Trinajstić information content (AvgIpc) is 3.00. The lowest BCUT2D eigenvalue weighted by molar-refractivity contribution is -0.145. The molecule has 7 heteroatoms. The Morgan fingerprint density at radius 1 is 1.29 bits per heavy atom. The second-order valence-corrected chi connectivity index (χ2v) is 5.07. The van der Waals surface area contributed by atoms with Gasteiger partial charge in [0, 0.05) is 6.54 Å². The highest BCUT2D eigenvalue weighted by molar-refractivity contribution is 5.68. The first-order valence-corrected chi connectivity index (χ1v) is 7.96. The van der Waals surface area contributed by atoms with Crippen LogP contribution in [0.4, 0.5) is 4.79 Å². The first kappa shape index (κ1) is 19.9. The third-order valence-electron chi connectivity index (χ3n) is 3.18. The number of hydrogen-bond acceptors (Lipinski definition) is 5. The number of benzene rings is 1. The molecule has 1 aromatic carbocycles. The van der Waals surface area contributed by atoms with Gasteiger partial charge in [-0.15, -0.1) is 0 Å². The summed E-state index contributed by atoms with van der Waals surface area (Å²) in [6.45, 7) is 6.29. The van der Waals surface area contributed by atoms with Gasteiger partial charge in [0.25, 0.3) is 0 Å². The second kappa shape index (κ2) is 10.6. The molecule has 2 rings (SSSR count). The Kier molecular flexibility index (Phi) is 8.81. The predicted molar refractivity (Wildman–Crippen MR) is 87.8 cm³/mol. The molecule has 0 saturated carbocycles. The minimum Gasteiger partial charge on any atom is -0.480 e. The van der Waals surface area contributed by atoms with Crippen molar-refractivity contribution >= 4 is 12.1 Å². The number of nitrogens with one attached hydrogen (secondary N) is 1. The number of carboxylic acids is 1. The van der Waals surface area contributed by atoms with Crippen molar-refractivity contribution in [2.45, 2.75) is 39.5 Å². The van der Waals surface area contributed by atoms with Gasteiger partial charge in [0.2, 0.25) is 0 Å². The Morgan fingerprint density at radius 3 is 2.67 bits per heavy atom. The number of carbonyl (C=O) groups is 2. The molecule has 24 heavy (non-hydrogen) atoms. The van der Waals surface area contributed by atoms with Gasteiger partial charge in [-0.2, -0.15) is 0 Å². The van der Waals surface area contributed by atoms with Crippen LogP contribution >= 0.6 is 0 Å². The zero-order valence-electron chi connectivity index (χ0n) is 14.3. The van der Waals surface area contributed by atoms with Gasteiger partial charge in [0.05, 0.1) is 13.2 Å². The van der Waals surface area contributed by atoms with Crippen molar-refractivity contribution in [1.82, 2.24) is 5.32 Å². The smallest absolute Gasteiger partial charge is 0.407 e. The van der Waals surface area contributed by atoms with E-state index >= 15 is 0 Å². The van der Waals surface area contributed by atoms with Crippen molar-refractivity contribution in [3.8, 4) is 0 Å². The molecule has 1 fully saturated rings. The van der Waals surface area contributed by atoms with Gasteiger partial charge < -0.3 is 24.6 Å². The fourth-order valence-corrected chi connectivity index (χ4v) is 2.13. The fourth-order valence-electron chi connectivity index (χ4n) is 2.13. The predicted octanol–water partition coefficient (Wildman–Crippen LogP) is 2.12. The molecule has 7 nitrogen and oxygen atoms in total. The second-order valence-electron chi connectivity index (χ2n) is 5.07. The molecular weight excluding hydrogens is 314 g/mol. The maximum Gasteiger partial charge on any atom is 0.407 e. The summed E-state index contributed by atoms with van der Waals surface area (Å²) < 4.78 is 15.5.